The first kappa shape index (κ1) is 14.2. The second-order valence-electron chi connectivity index (χ2n) is 5.37. The van der Waals surface area contributed by atoms with Crippen molar-refractivity contribution in [1.29, 1.82) is 0 Å². The van der Waals surface area contributed by atoms with Crippen molar-refractivity contribution in [3.05, 3.63) is 23.8 Å². The number of hydrogen-bond acceptors (Lipinski definition) is 4. The van der Waals surface area contributed by atoms with E-state index in [1.807, 2.05) is 6.07 Å². The molecular weight excluding hydrogens is 240 g/mol. The zero-order chi connectivity index (χ0) is 13.8. The Bertz CT molecular complexity index is 419. The van der Waals surface area contributed by atoms with Gasteiger partial charge in [0.15, 0.2) is 0 Å². The van der Waals surface area contributed by atoms with Crippen molar-refractivity contribution in [1.82, 2.24) is 10.2 Å². The van der Waals surface area contributed by atoms with Crippen LogP contribution in [0.5, 0.6) is 11.5 Å². The highest BCUT2D eigenvalue weighted by molar-refractivity contribution is 5.39. The number of nitrogens with zero attached hydrogens (tertiary/aromatic N) is 1. The van der Waals surface area contributed by atoms with Crippen molar-refractivity contribution in [2.24, 2.45) is 0 Å². The Balaban J connectivity index is 1.81. The lowest BCUT2D eigenvalue weighted by Crippen LogP contribution is -2.38. The van der Waals surface area contributed by atoms with Gasteiger partial charge in [-0.25, -0.2) is 0 Å². The first-order chi connectivity index (χ1) is 9.11. The third kappa shape index (κ3) is 3.85. The molecule has 0 aromatic heterocycles. The first-order valence-corrected chi connectivity index (χ1v) is 6.90. The Morgan fingerprint density at radius 3 is 2.84 bits per heavy atom. The third-order valence-electron chi connectivity index (χ3n) is 3.86. The molecule has 1 unspecified atom stereocenters. The molecule has 2 rings (SSSR count). The number of benzene rings is 1. The molecule has 1 aromatic carbocycles. The summed E-state index contributed by atoms with van der Waals surface area (Å²) in [6, 6.07) is 6.61. The molecule has 1 aromatic rings. The van der Waals surface area contributed by atoms with E-state index < -0.39 is 0 Å². The van der Waals surface area contributed by atoms with Gasteiger partial charge in [-0.1, -0.05) is 0 Å². The lowest BCUT2D eigenvalue weighted by Gasteiger charge is -2.24. The molecule has 1 aliphatic rings. The van der Waals surface area contributed by atoms with Gasteiger partial charge in [-0.3, -0.25) is 4.90 Å². The van der Waals surface area contributed by atoms with Gasteiger partial charge in [-0.05, 0) is 45.0 Å². The van der Waals surface area contributed by atoms with E-state index in [9.17, 15) is 5.11 Å². The fourth-order valence-electron chi connectivity index (χ4n) is 2.23. The number of likely N-dealkylation sites (N-methyl/N-ethyl adjacent to an activating group) is 1. The minimum Gasteiger partial charge on any atom is -0.508 e. The maximum absolute atomic E-state index is 9.80. The first-order valence-electron chi connectivity index (χ1n) is 6.90. The largest absolute Gasteiger partial charge is 0.508 e. The van der Waals surface area contributed by atoms with E-state index in [1.165, 1.54) is 12.8 Å². The van der Waals surface area contributed by atoms with Crippen molar-refractivity contribution in [2.45, 2.75) is 38.4 Å². The molecule has 0 radical (unpaired) electrons. The van der Waals surface area contributed by atoms with Crippen LogP contribution in [0.15, 0.2) is 18.2 Å². The van der Waals surface area contributed by atoms with Crippen LogP contribution in [0.4, 0.5) is 0 Å². The lowest BCUT2D eigenvalue weighted by molar-refractivity contribution is 0.240. The Morgan fingerprint density at radius 2 is 2.21 bits per heavy atom. The van der Waals surface area contributed by atoms with Gasteiger partial charge in [0.05, 0.1) is 7.11 Å². The fraction of sp³-hybridized carbons (Fsp3) is 0.600. The molecule has 0 spiro atoms. The molecule has 1 fully saturated rings. The molecule has 0 heterocycles. The topological polar surface area (TPSA) is 44.7 Å². The Labute approximate surface area is 115 Å². The molecule has 2 N–H and O–H groups in total. The number of nitrogens with one attached hydrogen (secondary N) is 1. The van der Waals surface area contributed by atoms with E-state index >= 15 is 0 Å². The van der Waals surface area contributed by atoms with Crippen LogP contribution in [-0.2, 0) is 6.54 Å². The second-order valence-corrected chi connectivity index (χ2v) is 5.37. The summed E-state index contributed by atoms with van der Waals surface area (Å²) in [5.74, 6) is 1.09. The number of methoxy groups -OCH3 is 1. The minimum absolute atomic E-state index is 0.316. The standard InChI is InChI=1S/C15H24N2O2/c1-11(17(2)13-4-5-13)9-16-10-12-8-14(19-3)6-7-15(12)18/h6-8,11,13,16,18H,4-5,9-10H2,1-3H3. The quantitative estimate of drug-likeness (QED) is 0.790. The second kappa shape index (κ2) is 6.26. The van der Waals surface area contributed by atoms with Crippen LogP contribution >= 0.6 is 0 Å². The van der Waals surface area contributed by atoms with E-state index in [1.54, 1.807) is 19.2 Å². The number of aromatic hydroxyl groups is 1. The molecule has 4 heteroatoms. The molecule has 4 nitrogen and oxygen atoms in total. The van der Waals surface area contributed by atoms with E-state index in [0.717, 1.165) is 23.9 Å². The molecule has 1 aliphatic carbocycles. The fourth-order valence-corrected chi connectivity index (χ4v) is 2.23. The summed E-state index contributed by atoms with van der Waals surface area (Å²) >= 11 is 0. The number of phenolic OH excluding ortho intramolecular Hbond substituents is 1. The van der Waals surface area contributed by atoms with Crippen LogP contribution in [-0.4, -0.2) is 42.8 Å². The Kier molecular flexibility index (Phi) is 4.66. The highest BCUT2D eigenvalue weighted by Gasteiger charge is 2.28. The van der Waals surface area contributed by atoms with Crippen molar-refractivity contribution >= 4 is 0 Å². The number of phenols is 1. The van der Waals surface area contributed by atoms with Gasteiger partial charge in [0.25, 0.3) is 0 Å². The van der Waals surface area contributed by atoms with Gasteiger partial charge < -0.3 is 15.2 Å². The van der Waals surface area contributed by atoms with E-state index in [-0.39, 0.29) is 0 Å². The SMILES string of the molecule is COc1ccc(O)c(CNCC(C)N(C)C2CC2)c1. The molecule has 0 amide bonds. The predicted molar refractivity (Wildman–Crippen MR) is 76.6 cm³/mol. The van der Waals surface area contributed by atoms with Gasteiger partial charge in [0.2, 0.25) is 0 Å². The van der Waals surface area contributed by atoms with Gasteiger partial charge in [-0.2, -0.15) is 0 Å². The summed E-state index contributed by atoms with van der Waals surface area (Å²) < 4.78 is 5.17. The molecule has 1 atom stereocenters. The number of hydrogen-bond donors (Lipinski definition) is 2. The number of rotatable bonds is 7. The maximum Gasteiger partial charge on any atom is 0.120 e. The Hall–Kier alpha value is -1.26. The van der Waals surface area contributed by atoms with Crippen molar-refractivity contribution in [3.8, 4) is 11.5 Å². The number of ether oxygens (including phenoxy) is 1. The van der Waals surface area contributed by atoms with E-state index in [2.05, 4.69) is 24.2 Å². The minimum atomic E-state index is 0.316. The van der Waals surface area contributed by atoms with Crippen LogP contribution in [0.3, 0.4) is 0 Å². The van der Waals surface area contributed by atoms with E-state index in [4.69, 9.17) is 4.74 Å². The van der Waals surface area contributed by atoms with Crippen molar-refractivity contribution < 1.29 is 9.84 Å². The maximum atomic E-state index is 9.80. The molecule has 0 bridgehead atoms. The highest BCUT2D eigenvalue weighted by atomic mass is 16.5. The predicted octanol–water partition coefficient (Wildman–Crippen LogP) is 1.97. The van der Waals surface area contributed by atoms with Crippen LogP contribution < -0.4 is 10.1 Å². The zero-order valence-corrected chi connectivity index (χ0v) is 12.0. The molecule has 106 valence electrons. The normalized spacial score (nSPS) is 16.6. The van der Waals surface area contributed by atoms with Gasteiger partial charge in [0, 0.05) is 30.7 Å². The van der Waals surface area contributed by atoms with Crippen LogP contribution in [0, 0.1) is 0 Å². The Morgan fingerprint density at radius 1 is 1.47 bits per heavy atom. The summed E-state index contributed by atoms with van der Waals surface area (Å²) in [4.78, 5) is 2.43. The molecule has 0 saturated heterocycles. The van der Waals surface area contributed by atoms with Crippen LogP contribution in [0.1, 0.15) is 25.3 Å². The third-order valence-corrected chi connectivity index (χ3v) is 3.86. The summed E-state index contributed by atoms with van der Waals surface area (Å²) in [6.07, 6.45) is 2.66. The van der Waals surface area contributed by atoms with Crippen molar-refractivity contribution in [3.63, 3.8) is 0 Å². The average Bonchev–Trinajstić information content (AvgIpc) is 3.24. The summed E-state index contributed by atoms with van der Waals surface area (Å²) in [5, 5.41) is 13.2. The monoisotopic (exact) mass is 264 g/mol. The van der Waals surface area contributed by atoms with E-state index in [0.29, 0.717) is 18.3 Å². The molecule has 19 heavy (non-hydrogen) atoms. The summed E-state index contributed by atoms with van der Waals surface area (Å²) in [5.41, 5.74) is 0.876. The van der Waals surface area contributed by atoms with Crippen LogP contribution in [0.2, 0.25) is 0 Å². The lowest BCUT2D eigenvalue weighted by atomic mass is 10.2. The van der Waals surface area contributed by atoms with Gasteiger partial charge >= 0.3 is 0 Å². The molecule has 0 aliphatic heterocycles. The smallest absolute Gasteiger partial charge is 0.120 e. The van der Waals surface area contributed by atoms with Crippen molar-refractivity contribution in [2.75, 3.05) is 20.7 Å². The summed E-state index contributed by atoms with van der Waals surface area (Å²) in [6.45, 7) is 3.81. The highest BCUT2D eigenvalue weighted by Crippen LogP contribution is 2.27. The van der Waals surface area contributed by atoms with Crippen LogP contribution in [0.25, 0.3) is 0 Å². The van der Waals surface area contributed by atoms with Gasteiger partial charge in [0.1, 0.15) is 11.5 Å². The average molecular weight is 264 g/mol. The summed E-state index contributed by atoms with van der Waals surface area (Å²) in [7, 11) is 3.82. The molecular formula is C15H24N2O2. The zero-order valence-electron chi connectivity index (χ0n) is 12.0. The van der Waals surface area contributed by atoms with Gasteiger partial charge in [-0.15, -0.1) is 0 Å². The molecule has 1 saturated carbocycles.